The number of rotatable bonds is 5. The first kappa shape index (κ1) is 15.1. The van der Waals surface area contributed by atoms with Gasteiger partial charge in [-0.25, -0.2) is 4.39 Å². The van der Waals surface area contributed by atoms with E-state index in [2.05, 4.69) is 9.88 Å². The average Bonchev–Trinajstić information content (AvgIpc) is 3.26. The molecule has 0 atom stereocenters. The van der Waals surface area contributed by atoms with Crippen molar-refractivity contribution in [2.24, 2.45) is 0 Å². The topological polar surface area (TPSA) is 34.0 Å². The van der Waals surface area contributed by atoms with Gasteiger partial charge in [0.05, 0.1) is 11.6 Å². The highest BCUT2D eigenvalue weighted by Gasteiger charge is 2.28. The third kappa shape index (κ3) is 2.88. The van der Waals surface area contributed by atoms with E-state index >= 15 is 0 Å². The molecule has 1 N–H and O–H groups in total. The zero-order chi connectivity index (χ0) is 15.9. The van der Waals surface area contributed by atoms with E-state index < -0.39 is 5.82 Å². The zero-order valence-electron chi connectivity index (χ0n) is 12.6. The monoisotopic (exact) mass is 320 g/mol. The van der Waals surface area contributed by atoms with Gasteiger partial charge in [0.15, 0.2) is 5.78 Å². The van der Waals surface area contributed by atoms with E-state index in [1.54, 1.807) is 6.07 Å². The largest absolute Gasteiger partial charge is 0.378 e. The molecule has 1 aliphatic carbocycles. The number of nitrogens with one attached hydrogen (secondary N) is 1. The third-order valence-electron chi connectivity index (χ3n) is 4.07. The zero-order valence-corrected chi connectivity index (χ0v) is 13.4. The Morgan fingerprint density at radius 2 is 2.09 bits per heavy atom. The molecule has 1 aromatic heterocycles. The minimum atomic E-state index is -0.466. The fraction of sp³-hybridized carbons (Fsp3) is 0.353. The summed E-state index contributed by atoms with van der Waals surface area (Å²) in [5.41, 5.74) is 3.55. The second kappa shape index (κ2) is 5.76. The maximum Gasteiger partial charge on any atom is 0.183 e. The lowest BCUT2D eigenvalue weighted by Gasteiger charge is -2.09. The summed E-state index contributed by atoms with van der Waals surface area (Å²) in [4.78, 5) is 12.4. The highest BCUT2D eigenvalue weighted by Crippen LogP contribution is 2.38. The van der Waals surface area contributed by atoms with Crippen LogP contribution in [0.4, 0.5) is 10.1 Å². The van der Waals surface area contributed by atoms with Crippen LogP contribution in [-0.4, -0.2) is 16.9 Å². The van der Waals surface area contributed by atoms with Crippen molar-refractivity contribution in [1.29, 1.82) is 0 Å². The van der Waals surface area contributed by atoms with Gasteiger partial charge in [-0.3, -0.25) is 4.79 Å². The summed E-state index contributed by atoms with van der Waals surface area (Å²) in [5, 5.41) is 3.05. The number of halogens is 2. The summed E-state index contributed by atoms with van der Waals surface area (Å²) in [5.74, 6) is -0.438. The van der Waals surface area contributed by atoms with Crippen LogP contribution in [-0.2, 0) is 0 Å². The Hall–Kier alpha value is -1.81. The first-order chi connectivity index (χ1) is 10.5. The standard InChI is InChI=1S/C17H18ClFN2O/c1-10-7-14(11(2)21(10)13-4-5-13)17(22)9-20-12-3-6-16(19)15(18)8-12/h3,6-8,13,20H,4-5,9H2,1-2H3. The highest BCUT2D eigenvalue weighted by molar-refractivity contribution is 6.31. The molecule has 0 saturated heterocycles. The van der Waals surface area contributed by atoms with Crippen LogP contribution >= 0.6 is 11.6 Å². The third-order valence-corrected chi connectivity index (χ3v) is 4.36. The van der Waals surface area contributed by atoms with E-state index in [0.717, 1.165) is 17.0 Å². The minimum absolute atomic E-state index is 0.0282. The van der Waals surface area contributed by atoms with Crippen molar-refractivity contribution >= 4 is 23.1 Å². The van der Waals surface area contributed by atoms with Crippen LogP contribution in [0.15, 0.2) is 24.3 Å². The SMILES string of the molecule is Cc1cc(C(=O)CNc2ccc(F)c(Cl)c2)c(C)n1C1CC1. The fourth-order valence-electron chi connectivity index (χ4n) is 2.84. The molecule has 0 amide bonds. The lowest BCUT2D eigenvalue weighted by atomic mass is 10.1. The Morgan fingerprint density at radius 3 is 2.73 bits per heavy atom. The smallest absolute Gasteiger partial charge is 0.183 e. The molecule has 5 heteroatoms. The first-order valence-corrected chi connectivity index (χ1v) is 7.75. The summed E-state index contributed by atoms with van der Waals surface area (Å²) >= 11 is 5.73. The van der Waals surface area contributed by atoms with Gasteiger partial charge < -0.3 is 9.88 Å². The van der Waals surface area contributed by atoms with Gasteiger partial charge in [-0.2, -0.15) is 0 Å². The van der Waals surface area contributed by atoms with Crippen LogP contribution in [0.5, 0.6) is 0 Å². The number of nitrogens with zero attached hydrogens (tertiary/aromatic N) is 1. The molecule has 116 valence electrons. The molecule has 2 aromatic rings. The van der Waals surface area contributed by atoms with Crippen LogP contribution in [0.3, 0.4) is 0 Å². The number of hydrogen-bond donors (Lipinski definition) is 1. The number of ketones is 1. The molecule has 1 heterocycles. The summed E-state index contributed by atoms with van der Waals surface area (Å²) < 4.78 is 15.4. The van der Waals surface area contributed by atoms with Gasteiger partial charge in [-0.1, -0.05) is 11.6 Å². The molecule has 0 spiro atoms. The number of carbonyl (C=O) groups is 1. The Bertz CT molecular complexity index is 735. The van der Waals surface area contributed by atoms with E-state index in [-0.39, 0.29) is 17.4 Å². The Kier molecular flexibility index (Phi) is 3.96. The molecule has 1 aliphatic rings. The van der Waals surface area contributed by atoms with Crippen LogP contribution in [0.2, 0.25) is 5.02 Å². The maximum absolute atomic E-state index is 13.1. The Morgan fingerprint density at radius 1 is 1.36 bits per heavy atom. The van der Waals surface area contributed by atoms with Gasteiger partial charge in [0, 0.05) is 28.7 Å². The minimum Gasteiger partial charge on any atom is -0.378 e. The van der Waals surface area contributed by atoms with Crippen molar-refractivity contribution in [2.75, 3.05) is 11.9 Å². The van der Waals surface area contributed by atoms with Crippen LogP contribution < -0.4 is 5.32 Å². The summed E-state index contributed by atoms with van der Waals surface area (Å²) in [6.07, 6.45) is 2.38. The van der Waals surface area contributed by atoms with Crippen molar-refractivity contribution in [3.8, 4) is 0 Å². The van der Waals surface area contributed by atoms with Crippen LogP contribution in [0, 0.1) is 19.7 Å². The van der Waals surface area contributed by atoms with E-state index in [9.17, 15) is 9.18 Å². The number of aryl methyl sites for hydroxylation is 1. The quantitative estimate of drug-likeness (QED) is 0.821. The average molecular weight is 321 g/mol. The van der Waals surface area contributed by atoms with Crippen molar-refractivity contribution in [3.63, 3.8) is 0 Å². The molecule has 0 bridgehead atoms. The number of benzene rings is 1. The van der Waals surface area contributed by atoms with Crippen LogP contribution in [0.25, 0.3) is 0 Å². The molecule has 0 radical (unpaired) electrons. The van der Waals surface area contributed by atoms with E-state index in [0.29, 0.717) is 11.7 Å². The summed E-state index contributed by atoms with van der Waals surface area (Å²) in [6.45, 7) is 4.19. The van der Waals surface area contributed by atoms with Crippen LogP contribution in [0.1, 0.15) is 40.6 Å². The molecule has 3 nitrogen and oxygen atoms in total. The summed E-state index contributed by atoms with van der Waals surface area (Å²) in [7, 11) is 0. The van der Waals surface area contributed by atoms with E-state index in [1.165, 1.54) is 25.0 Å². The second-order valence-corrected chi connectivity index (χ2v) is 6.20. The van der Waals surface area contributed by atoms with Gasteiger partial charge in [0.2, 0.25) is 0 Å². The van der Waals surface area contributed by atoms with E-state index in [4.69, 9.17) is 11.6 Å². The Labute approximate surface area is 134 Å². The molecule has 0 unspecified atom stereocenters. The molecule has 1 saturated carbocycles. The van der Waals surface area contributed by atoms with Gasteiger partial charge in [-0.05, 0) is 51.0 Å². The van der Waals surface area contributed by atoms with Gasteiger partial charge in [-0.15, -0.1) is 0 Å². The molecule has 22 heavy (non-hydrogen) atoms. The molecule has 3 rings (SSSR count). The molecule has 0 aliphatic heterocycles. The van der Waals surface area contributed by atoms with Gasteiger partial charge in [0.1, 0.15) is 5.82 Å². The number of carbonyl (C=O) groups excluding carboxylic acids is 1. The van der Waals surface area contributed by atoms with Gasteiger partial charge >= 0.3 is 0 Å². The number of Topliss-reactive ketones (excluding diaryl/α,β-unsaturated/α-hetero) is 1. The summed E-state index contributed by atoms with van der Waals surface area (Å²) in [6, 6.07) is 6.86. The van der Waals surface area contributed by atoms with Crippen molar-refractivity contribution in [2.45, 2.75) is 32.7 Å². The second-order valence-electron chi connectivity index (χ2n) is 5.79. The van der Waals surface area contributed by atoms with Crippen molar-refractivity contribution in [3.05, 3.63) is 52.1 Å². The van der Waals surface area contributed by atoms with Gasteiger partial charge in [0.25, 0.3) is 0 Å². The fourth-order valence-corrected chi connectivity index (χ4v) is 3.02. The lowest BCUT2D eigenvalue weighted by Crippen LogP contribution is -2.15. The molecule has 1 aromatic carbocycles. The first-order valence-electron chi connectivity index (χ1n) is 7.38. The van der Waals surface area contributed by atoms with E-state index in [1.807, 2.05) is 19.9 Å². The van der Waals surface area contributed by atoms with Crippen molar-refractivity contribution in [1.82, 2.24) is 4.57 Å². The highest BCUT2D eigenvalue weighted by atomic mass is 35.5. The normalized spacial score (nSPS) is 14.2. The Balaban J connectivity index is 1.72. The predicted octanol–water partition coefficient (Wildman–Crippen LogP) is 4.53. The molecular weight excluding hydrogens is 303 g/mol. The lowest BCUT2D eigenvalue weighted by molar-refractivity contribution is 0.101. The molecule has 1 fully saturated rings. The maximum atomic E-state index is 13.1. The number of anilines is 1. The predicted molar refractivity (Wildman–Crippen MR) is 86.4 cm³/mol. The van der Waals surface area contributed by atoms with Crippen molar-refractivity contribution < 1.29 is 9.18 Å². The number of hydrogen-bond acceptors (Lipinski definition) is 2. The number of aromatic nitrogens is 1. The molecular formula is C17H18ClFN2O.